The molecule has 3 heterocycles. The smallest absolute Gasteiger partial charge is 0.226 e. The van der Waals surface area contributed by atoms with E-state index in [2.05, 4.69) is 56.5 Å². The van der Waals surface area contributed by atoms with Crippen molar-refractivity contribution in [3.8, 4) is 5.75 Å². The number of methoxy groups -OCH3 is 1. The molecule has 0 aliphatic carbocycles. The normalized spacial score (nSPS) is 16.3. The van der Waals surface area contributed by atoms with Crippen molar-refractivity contribution >= 4 is 28.5 Å². The third-order valence-electron chi connectivity index (χ3n) is 6.36. The number of ether oxygens (including phenoxy) is 1. The summed E-state index contributed by atoms with van der Waals surface area (Å²) in [6, 6.07) is 16.7. The van der Waals surface area contributed by atoms with E-state index in [0.29, 0.717) is 24.6 Å². The Morgan fingerprint density at radius 3 is 2.38 bits per heavy atom. The number of benzene rings is 2. The SMILES string of the molecule is COc1ccc(CNc2nc(Cl)nc3c2cnn3Cc2ccc(CN3CC[C@H](C)C3)cc2)cc1. The molecule has 5 rings (SSSR count). The number of nitrogens with one attached hydrogen (secondary N) is 1. The minimum atomic E-state index is 0.196. The molecule has 34 heavy (non-hydrogen) atoms. The Kier molecular flexibility index (Phi) is 6.65. The van der Waals surface area contributed by atoms with Crippen molar-refractivity contribution in [3.05, 3.63) is 76.7 Å². The largest absolute Gasteiger partial charge is 0.497 e. The van der Waals surface area contributed by atoms with Gasteiger partial charge >= 0.3 is 0 Å². The molecular formula is C26H29ClN6O. The second kappa shape index (κ2) is 9.99. The van der Waals surface area contributed by atoms with E-state index in [-0.39, 0.29) is 5.28 Å². The van der Waals surface area contributed by atoms with Gasteiger partial charge in [0.2, 0.25) is 5.28 Å². The number of fused-ring (bicyclic) bond motifs is 1. The fraction of sp³-hybridized carbons (Fsp3) is 0.346. The van der Waals surface area contributed by atoms with Gasteiger partial charge in [0.25, 0.3) is 0 Å². The van der Waals surface area contributed by atoms with E-state index in [1.54, 1.807) is 13.3 Å². The molecule has 1 aliphatic rings. The molecule has 4 aromatic rings. The van der Waals surface area contributed by atoms with E-state index in [1.165, 1.54) is 30.6 Å². The molecule has 1 aliphatic heterocycles. The van der Waals surface area contributed by atoms with Crippen LogP contribution in [0.1, 0.15) is 30.0 Å². The first-order chi connectivity index (χ1) is 16.6. The minimum absolute atomic E-state index is 0.196. The summed E-state index contributed by atoms with van der Waals surface area (Å²) < 4.78 is 7.10. The van der Waals surface area contributed by atoms with E-state index in [1.807, 2.05) is 28.9 Å². The van der Waals surface area contributed by atoms with E-state index >= 15 is 0 Å². The van der Waals surface area contributed by atoms with Crippen LogP contribution in [-0.4, -0.2) is 44.8 Å². The van der Waals surface area contributed by atoms with Gasteiger partial charge in [0.05, 0.1) is 25.2 Å². The van der Waals surface area contributed by atoms with Crippen LogP contribution in [0.3, 0.4) is 0 Å². The number of anilines is 1. The fourth-order valence-corrected chi connectivity index (χ4v) is 4.62. The molecule has 1 fully saturated rings. The molecule has 176 valence electrons. The van der Waals surface area contributed by atoms with Gasteiger partial charge in [-0.05, 0) is 59.3 Å². The summed E-state index contributed by atoms with van der Waals surface area (Å²) in [5.41, 5.74) is 4.34. The molecule has 1 N–H and O–H groups in total. The molecule has 8 heteroatoms. The Morgan fingerprint density at radius 2 is 1.71 bits per heavy atom. The molecule has 0 radical (unpaired) electrons. The average molecular weight is 477 g/mol. The van der Waals surface area contributed by atoms with Gasteiger partial charge < -0.3 is 10.1 Å². The van der Waals surface area contributed by atoms with Gasteiger partial charge in [-0.3, -0.25) is 4.90 Å². The molecule has 2 aromatic carbocycles. The Labute approximate surface area is 204 Å². The van der Waals surface area contributed by atoms with Crippen molar-refractivity contribution in [2.75, 3.05) is 25.5 Å². The number of halogens is 1. The molecule has 1 saturated heterocycles. The summed E-state index contributed by atoms with van der Waals surface area (Å²) in [5, 5.41) is 8.99. The number of hydrogen-bond donors (Lipinski definition) is 1. The summed E-state index contributed by atoms with van der Waals surface area (Å²) in [7, 11) is 1.66. The second-order valence-electron chi connectivity index (χ2n) is 9.03. The molecule has 1 atom stereocenters. The third-order valence-corrected chi connectivity index (χ3v) is 6.53. The number of rotatable bonds is 8. The maximum absolute atomic E-state index is 6.26. The summed E-state index contributed by atoms with van der Waals surface area (Å²) in [6.45, 7) is 6.95. The van der Waals surface area contributed by atoms with E-state index in [4.69, 9.17) is 16.3 Å². The molecule has 7 nitrogen and oxygen atoms in total. The van der Waals surface area contributed by atoms with Gasteiger partial charge in [-0.15, -0.1) is 0 Å². The van der Waals surface area contributed by atoms with E-state index in [0.717, 1.165) is 29.2 Å². The van der Waals surface area contributed by atoms with Gasteiger partial charge in [-0.25, -0.2) is 4.68 Å². The molecule has 0 unspecified atom stereocenters. The third kappa shape index (κ3) is 5.16. The van der Waals surface area contributed by atoms with Crippen LogP contribution < -0.4 is 10.1 Å². The van der Waals surface area contributed by atoms with Gasteiger partial charge in [-0.1, -0.05) is 43.3 Å². The van der Waals surface area contributed by atoms with Crippen LogP contribution in [0.15, 0.2) is 54.7 Å². The van der Waals surface area contributed by atoms with Crippen molar-refractivity contribution in [2.45, 2.75) is 33.0 Å². The van der Waals surface area contributed by atoms with Crippen molar-refractivity contribution in [2.24, 2.45) is 5.92 Å². The summed E-state index contributed by atoms with van der Waals surface area (Å²) in [4.78, 5) is 11.4. The summed E-state index contributed by atoms with van der Waals surface area (Å²) in [5.74, 6) is 2.31. The predicted octanol–water partition coefficient (Wildman–Crippen LogP) is 4.99. The summed E-state index contributed by atoms with van der Waals surface area (Å²) in [6.07, 6.45) is 3.09. The first kappa shape index (κ1) is 22.6. The van der Waals surface area contributed by atoms with Crippen LogP contribution in [0.5, 0.6) is 5.75 Å². The quantitative estimate of drug-likeness (QED) is 0.361. The Hall–Kier alpha value is -3.16. The van der Waals surface area contributed by atoms with Crippen LogP contribution in [-0.2, 0) is 19.6 Å². The van der Waals surface area contributed by atoms with Crippen LogP contribution in [0.2, 0.25) is 5.28 Å². The molecule has 0 bridgehead atoms. The highest BCUT2D eigenvalue weighted by Gasteiger charge is 2.18. The first-order valence-corrected chi connectivity index (χ1v) is 12.0. The highest BCUT2D eigenvalue weighted by molar-refractivity contribution is 6.28. The molecule has 0 amide bonds. The second-order valence-corrected chi connectivity index (χ2v) is 9.37. The average Bonchev–Trinajstić information content (AvgIpc) is 3.44. The zero-order valence-corrected chi connectivity index (χ0v) is 20.3. The lowest BCUT2D eigenvalue weighted by Crippen LogP contribution is -2.19. The molecule has 2 aromatic heterocycles. The number of hydrogen-bond acceptors (Lipinski definition) is 6. The van der Waals surface area contributed by atoms with Crippen molar-refractivity contribution in [1.82, 2.24) is 24.6 Å². The zero-order valence-electron chi connectivity index (χ0n) is 19.5. The topological polar surface area (TPSA) is 68.1 Å². The van der Waals surface area contributed by atoms with E-state index < -0.39 is 0 Å². The van der Waals surface area contributed by atoms with Gasteiger partial charge in [0, 0.05) is 19.6 Å². The van der Waals surface area contributed by atoms with Crippen LogP contribution in [0.4, 0.5) is 5.82 Å². The van der Waals surface area contributed by atoms with Crippen molar-refractivity contribution in [3.63, 3.8) is 0 Å². The lowest BCUT2D eigenvalue weighted by atomic mass is 10.1. The Balaban J connectivity index is 1.29. The zero-order chi connectivity index (χ0) is 23.5. The van der Waals surface area contributed by atoms with Gasteiger partial charge in [0.1, 0.15) is 11.6 Å². The Morgan fingerprint density at radius 1 is 1.00 bits per heavy atom. The predicted molar refractivity (Wildman–Crippen MR) is 135 cm³/mol. The Bertz CT molecular complexity index is 1260. The van der Waals surface area contributed by atoms with E-state index in [9.17, 15) is 0 Å². The number of likely N-dealkylation sites (tertiary alicyclic amines) is 1. The fourth-order valence-electron chi connectivity index (χ4n) is 4.46. The maximum Gasteiger partial charge on any atom is 0.226 e. The molecule has 0 saturated carbocycles. The van der Waals surface area contributed by atoms with Crippen molar-refractivity contribution in [1.29, 1.82) is 0 Å². The van der Waals surface area contributed by atoms with Gasteiger partial charge in [0.15, 0.2) is 5.65 Å². The standard InChI is InChI=1S/C26H29ClN6O/c1-18-11-12-32(15-18)16-20-3-5-21(6-4-20)17-33-25-23(14-29-33)24(30-26(27)31-25)28-13-19-7-9-22(34-2)10-8-19/h3-10,14,18H,11-13,15-17H2,1-2H3,(H,28,30,31)/t18-/m0/s1. The number of nitrogens with zero attached hydrogens (tertiary/aromatic N) is 5. The van der Waals surface area contributed by atoms with Gasteiger partial charge in [-0.2, -0.15) is 15.1 Å². The highest BCUT2D eigenvalue weighted by atomic mass is 35.5. The lowest BCUT2D eigenvalue weighted by molar-refractivity contribution is 0.320. The molecule has 0 spiro atoms. The number of aromatic nitrogens is 4. The van der Waals surface area contributed by atoms with Crippen molar-refractivity contribution < 1.29 is 4.74 Å². The van der Waals surface area contributed by atoms with Crippen LogP contribution in [0.25, 0.3) is 11.0 Å². The monoisotopic (exact) mass is 476 g/mol. The van der Waals surface area contributed by atoms with Crippen LogP contribution >= 0.6 is 11.6 Å². The lowest BCUT2D eigenvalue weighted by Gasteiger charge is -2.15. The maximum atomic E-state index is 6.26. The molecular weight excluding hydrogens is 448 g/mol. The minimum Gasteiger partial charge on any atom is -0.497 e. The highest BCUT2D eigenvalue weighted by Crippen LogP contribution is 2.24. The first-order valence-electron chi connectivity index (χ1n) is 11.6. The summed E-state index contributed by atoms with van der Waals surface area (Å²) >= 11 is 6.26. The van der Waals surface area contributed by atoms with Crippen LogP contribution in [0, 0.1) is 5.92 Å².